The van der Waals surface area contributed by atoms with E-state index in [0.29, 0.717) is 6.04 Å². The Morgan fingerprint density at radius 2 is 1.94 bits per heavy atom. The van der Waals surface area contributed by atoms with Crippen LogP contribution >= 0.6 is 15.9 Å². The predicted octanol–water partition coefficient (Wildman–Crippen LogP) is 3.46. The van der Waals surface area contributed by atoms with Gasteiger partial charge in [-0.25, -0.2) is 0 Å². The first-order chi connectivity index (χ1) is 7.93. The molecule has 0 saturated heterocycles. The van der Waals surface area contributed by atoms with Crippen LogP contribution in [0, 0.1) is 19.8 Å². The Balaban J connectivity index is 2.47. The summed E-state index contributed by atoms with van der Waals surface area (Å²) < 4.78 is 3.23. The van der Waals surface area contributed by atoms with Crippen LogP contribution in [0.3, 0.4) is 0 Å². The molecule has 1 unspecified atom stereocenters. The zero-order chi connectivity index (χ0) is 13.0. The van der Waals surface area contributed by atoms with Gasteiger partial charge < -0.3 is 5.32 Å². The van der Waals surface area contributed by atoms with Gasteiger partial charge in [0.1, 0.15) is 0 Å². The molecule has 98 valence electrons. The number of hydrogen-bond acceptors (Lipinski definition) is 2. The summed E-state index contributed by atoms with van der Waals surface area (Å²) in [7, 11) is 0. The fourth-order valence-electron chi connectivity index (χ4n) is 1.86. The van der Waals surface area contributed by atoms with Crippen LogP contribution in [-0.2, 0) is 0 Å². The molecule has 1 heterocycles. The van der Waals surface area contributed by atoms with Crippen molar-refractivity contribution in [3.05, 3.63) is 15.9 Å². The molecule has 0 aliphatic heterocycles. The van der Waals surface area contributed by atoms with E-state index in [1.807, 2.05) is 6.92 Å². The Bertz CT molecular complexity index is 358. The van der Waals surface area contributed by atoms with E-state index >= 15 is 0 Å². The van der Waals surface area contributed by atoms with Gasteiger partial charge in [0.05, 0.1) is 21.9 Å². The Labute approximate surface area is 113 Å². The van der Waals surface area contributed by atoms with Crippen LogP contribution in [0.1, 0.15) is 44.6 Å². The third-order valence-electron chi connectivity index (χ3n) is 2.99. The third kappa shape index (κ3) is 4.11. The van der Waals surface area contributed by atoms with Crippen LogP contribution in [0.4, 0.5) is 0 Å². The Morgan fingerprint density at radius 3 is 2.41 bits per heavy atom. The molecule has 0 aromatic carbocycles. The molecular formula is C13H24BrN3. The second-order valence-corrected chi connectivity index (χ2v) is 5.96. The first-order valence-corrected chi connectivity index (χ1v) is 7.14. The van der Waals surface area contributed by atoms with E-state index in [1.54, 1.807) is 0 Å². The maximum Gasteiger partial charge on any atom is 0.0738 e. The van der Waals surface area contributed by atoms with E-state index in [0.717, 1.165) is 29.2 Å². The van der Waals surface area contributed by atoms with E-state index in [1.165, 1.54) is 12.1 Å². The van der Waals surface area contributed by atoms with Gasteiger partial charge in [0, 0.05) is 6.54 Å². The van der Waals surface area contributed by atoms with Gasteiger partial charge >= 0.3 is 0 Å². The van der Waals surface area contributed by atoms with Crippen molar-refractivity contribution in [3.63, 3.8) is 0 Å². The Morgan fingerprint density at radius 1 is 1.29 bits per heavy atom. The largest absolute Gasteiger partial charge is 0.315 e. The summed E-state index contributed by atoms with van der Waals surface area (Å²) in [5.41, 5.74) is 2.28. The molecule has 1 N–H and O–H groups in total. The predicted molar refractivity (Wildman–Crippen MR) is 76.4 cm³/mol. The lowest BCUT2D eigenvalue weighted by molar-refractivity contribution is 0.431. The van der Waals surface area contributed by atoms with Gasteiger partial charge in [-0.15, -0.1) is 0 Å². The molecule has 4 heteroatoms. The zero-order valence-corrected chi connectivity index (χ0v) is 13.1. The summed E-state index contributed by atoms with van der Waals surface area (Å²) in [5.74, 6) is 0.764. The number of nitrogens with one attached hydrogen (secondary N) is 1. The highest BCUT2D eigenvalue weighted by Gasteiger charge is 2.13. The molecule has 1 atom stereocenters. The van der Waals surface area contributed by atoms with Crippen LogP contribution in [0.5, 0.6) is 0 Å². The molecule has 3 nitrogen and oxygen atoms in total. The topological polar surface area (TPSA) is 29.9 Å². The maximum absolute atomic E-state index is 4.55. The molecule has 0 radical (unpaired) electrons. The van der Waals surface area contributed by atoms with Crippen molar-refractivity contribution in [1.82, 2.24) is 15.1 Å². The van der Waals surface area contributed by atoms with Crippen molar-refractivity contribution in [2.45, 2.75) is 47.1 Å². The summed E-state index contributed by atoms with van der Waals surface area (Å²) in [6, 6.07) is 0.396. The highest BCUT2D eigenvalue weighted by molar-refractivity contribution is 9.10. The second kappa shape index (κ2) is 6.55. The molecule has 0 saturated carbocycles. The van der Waals surface area contributed by atoms with Crippen LogP contribution in [0.2, 0.25) is 0 Å². The van der Waals surface area contributed by atoms with Crippen molar-refractivity contribution in [3.8, 4) is 0 Å². The Kier molecular flexibility index (Phi) is 5.67. The smallest absolute Gasteiger partial charge is 0.0738 e. The number of aromatic nitrogens is 2. The van der Waals surface area contributed by atoms with E-state index in [4.69, 9.17) is 0 Å². The van der Waals surface area contributed by atoms with Gasteiger partial charge in [-0.3, -0.25) is 4.68 Å². The highest BCUT2D eigenvalue weighted by Crippen LogP contribution is 2.22. The van der Waals surface area contributed by atoms with Gasteiger partial charge in [-0.2, -0.15) is 5.10 Å². The minimum atomic E-state index is 0.396. The van der Waals surface area contributed by atoms with E-state index in [2.05, 4.69) is 58.7 Å². The molecule has 0 fully saturated rings. The fraction of sp³-hybridized carbons (Fsp3) is 0.769. The second-order valence-electron chi connectivity index (χ2n) is 5.17. The van der Waals surface area contributed by atoms with E-state index in [9.17, 15) is 0 Å². The number of halogens is 1. The van der Waals surface area contributed by atoms with Gasteiger partial charge in [-0.1, -0.05) is 13.8 Å². The summed E-state index contributed by atoms with van der Waals surface area (Å²) in [6.07, 6.45) is 1.23. The molecule has 0 aliphatic rings. The molecule has 0 bridgehead atoms. The van der Waals surface area contributed by atoms with Gasteiger partial charge in [0.15, 0.2) is 0 Å². The summed E-state index contributed by atoms with van der Waals surface area (Å²) in [5, 5.41) is 8.05. The lowest BCUT2D eigenvalue weighted by Gasteiger charge is -2.15. The first-order valence-electron chi connectivity index (χ1n) is 6.35. The number of aryl methyl sites for hydroxylation is 1. The molecule has 1 aromatic rings. The number of rotatable bonds is 6. The molecule has 0 amide bonds. The SMILES string of the molecule is Cc1nn(C(C)CNCCC(C)C)c(C)c1Br. The molecule has 0 spiro atoms. The average molecular weight is 302 g/mol. The maximum atomic E-state index is 4.55. The standard InChI is InChI=1S/C13H24BrN3/c1-9(2)6-7-15-8-10(3)17-12(5)13(14)11(4)16-17/h9-10,15H,6-8H2,1-5H3. The van der Waals surface area contributed by atoms with Crippen LogP contribution in [0.25, 0.3) is 0 Å². The molecule has 1 aromatic heterocycles. The average Bonchev–Trinajstić information content (AvgIpc) is 2.52. The minimum absolute atomic E-state index is 0.396. The molecule has 1 rings (SSSR count). The van der Waals surface area contributed by atoms with E-state index < -0.39 is 0 Å². The first kappa shape index (κ1) is 14.7. The zero-order valence-electron chi connectivity index (χ0n) is 11.5. The van der Waals surface area contributed by atoms with Gasteiger partial charge in [0.25, 0.3) is 0 Å². The van der Waals surface area contributed by atoms with Crippen molar-refractivity contribution < 1.29 is 0 Å². The van der Waals surface area contributed by atoms with Crippen molar-refractivity contribution in [2.75, 3.05) is 13.1 Å². The number of nitrogens with zero attached hydrogens (tertiary/aromatic N) is 2. The lowest BCUT2D eigenvalue weighted by atomic mass is 10.1. The van der Waals surface area contributed by atoms with Gasteiger partial charge in [0.2, 0.25) is 0 Å². The third-order valence-corrected chi connectivity index (χ3v) is 4.14. The monoisotopic (exact) mass is 301 g/mol. The molecule has 17 heavy (non-hydrogen) atoms. The minimum Gasteiger partial charge on any atom is -0.315 e. The van der Waals surface area contributed by atoms with Crippen molar-refractivity contribution in [1.29, 1.82) is 0 Å². The number of hydrogen-bond donors (Lipinski definition) is 1. The molecular weight excluding hydrogens is 278 g/mol. The Hall–Kier alpha value is -0.350. The van der Waals surface area contributed by atoms with Crippen LogP contribution in [0.15, 0.2) is 4.47 Å². The quantitative estimate of drug-likeness (QED) is 0.816. The highest BCUT2D eigenvalue weighted by atomic mass is 79.9. The van der Waals surface area contributed by atoms with Gasteiger partial charge in [-0.05, 0) is 55.6 Å². The van der Waals surface area contributed by atoms with Crippen molar-refractivity contribution in [2.24, 2.45) is 5.92 Å². The van der Waals surface area contributed by atoms with Crippen LogP contribution in [-0.4, -0.2) is 22.9 Å². The summed E-state index contributed by atoms with van der Waals surface area (Å²) >= 11 is 3.57. The summed E-state index contributed by atoms with van der Waals surface area (Å²) in [6.45, 7) is 12.9. The molecule has 0 aliphatic carbocycles. The van der Waals surface area contributed by atoms with Crippen LogP contribution < -0.4 is 5.32 Å². The normalized spacial score (nSPS) is 13.4. The lowest BCUT2D eigenvalue weighted by Crippen LogP contribution is -2.26. The van der Waals surface area contributed by atoms with Crippen molar-refractivity contribution >= 4 is 15.9 Å². The van der Waals surface area contributed by atoms with E-state index in [-0.39, 0.29) is 0 Å². The summed E-state index contributed by atoms with van der Waals surface area (Å²) in [4.78, 5) is 0. The fourth-order valence-corrected chi connectivity index (χ4v) is 2.12.